The van der Waals surface area contributed by atoms with E-state index in [0.717, 1.165) is 24.1 Å². The molecule has 1 rings (SSSR count). The minimum Gasteiger partial charge on any atom is -0.319 e. The maximum atomic E-state index is 12.1. The van der Waals surface area contributed by atoms with Crippen molar-refractivity contribution in [3.63, 3.8) is 0 Å². The van der Waals surface area contributed by atoms with Gasteiger partial charge in [-0.3, -0.25) is 0 Å². The van der Waals surface area contributed by atoms with Gasteiger partial charge in [0.05, 0.1) is 10.6 Å². The number of nitrogens with one attached hydrogen (secondary N) is 1. The van der Waals surface area contributed by atoms with Crippen LogP contribution in [0.15, 0.2) is 23.1 Å². The molecule has 0 radical (unpaired) electrons. The number of rotatable bonds is 6. The molecule has 1 aromatic carbocycles. The van der Waals surface area contributed by atoms with Gasteiger partial charge in [-0.1, -0.05) is 24.6 Å². The first kappa shape index (κ1) is 14.2. The van der Waals surface area contributed by atoms with Crippen LogP contribution < -0.4 is 5.32 Å². The number of sulfone groups is 1. The van der Waals surface area contributed by atoms with Crippen LogP contribution in [0.3, 0.4) is 0 Å². The summed E-state index contributed by atoms with van der Waals surface area (Å²) in [6.45, 7) is 4.66. The molecular formula is C13H21NO2S. The maximum absolute atomic E-state index is 12.1. The van der Waals surface area contributed by atoms with Gasteiger partial charge < -0.3 is 5.32 Å². The van der Waals surface area contributed by atoms with Crippen molar-refractivity contribution in [2.45, 2.75) is 31.6 Å². The summed E-state index contributed by atoms with van der Waals surface area (Å²) in [4.78, 5) is 0.500. The van der Waals surface area contributed by atoms with Crippen LogP contribution in [-0.4, -0.2) is 27.8 Å². The first-order valence-corrected chi connectivity index (χ1v) is 7.63. The summed E-state index contributed by atoms with van der Waals surface area (Å²) >= 11 is 0. The summed E-state index contributed by atoms with van der Waals surface area (Å²) < 4.78 is 24.2. The molecule has 17 heavy (non-hydrogen) atoms. The topological polar surface area (TPSA) is 46.2 Å². The number of hydrogen-bond donors (Lipinski definition) is 1. The Hall–Kier alpha value is -0.870. The Labute approximate surface area is 104 Å². The highest BCUT2D eigenvalue weighted by Crippen LogP contribution is 2.20. The molecular weight excluding hydrogens is 234 g/mol. The van der Waals surface area contributed by atoms with Gasteiger partial charge in [-0.05, 0) is 45.0 Å². The Morgan fingerprint density at radius 3 is 2.59 bits per heavy atom. The van der Waals surface area contributed by atoms with Crippen molar-refractivity contribution in [3.8, 4) is 0 Å². The van der Waals surface area contributed by atoms with Gasteiger partial charge in [-0.15, -0.1) is 0 Å². The zero-order chi connectivity index (χ0) is 12.9. The summed E-state index contributed by atoms with van der Waals surface area (Å²) in [5.74, 6) is 0.225. The number of aryl methyl sites for hydroxylation is 1. The number of likely N-dealkylation sites (N-methyl/N-ethyl adjacent to an activating group) is 1. The summed E-state index contributed by atoms with van der Waals surface area (Å²) in [5.41, 5.74) is 2.03. The van der Waals surface area contributed by atoms with Gasteiger partial charge in [0.2, 0.25) is 0 Å². The number of benzene rings is 1. The average molecular weight is 255 g/mol. The molecule has 0 saturated heterocycles. The highest BCUT2D eigenvalue weighted by Gasteiger charge is 2.17. The SMILES string of the molecule is CCCS(=O)(=O)c1ccc(C)cc1CCNC. The Bertz CT molecular complexity index is 466. The number of hydrogen-bond acceptors (Lipinski definition) is 3. The molecule has 0 saturated carbocycles. The largest absolute Gasteiger partial charge is 0.319 e. The predicted molar refractivity (Wildman–Crippen MR) is 71.2 cm³/mol. The van der Waals surface area contributed by atoms with E-state index in [4.69, 9.17) is 0 Å². The Balaban J connectivity index is 3.14. The summed E-state index contributed by atoms with van der Waals surface area (Å²) in [7, 11) is -1.24. The van der Waals surface area contributed by atoms with Crippen molar-refractivity contribution in [2.75, 3.05) is 19.3 Å². The third kappa shape index (κ3) is 3.82. The molecule has 0 spiro atoms. The average Bonchev–Trinajstić information content (AvgIpc) is 2.26. The lowest BCUT2D eigenvalue weighted by Gasteiger charge is -2.11. The smallest absolute Gasteiger partial charge is 0.178 e. The van der Waals surface area contributed by atoms with Gasteiger partial charge in [0.15, 0.2) is 9.84 Å². The van der Waals surface area contributed by atoms with Crippen LogP contribution in [0.2, 0.25) is 0 Å². The van der Waals surface area contributed by atoms with E-state index in [1.807, 2.05) is 33.0 Å². The normalized spacial score (nSPS) is 11.7. The molecule has 4 heteroatoms. The molecule has 0 unspecified atom stereocenters. The van der Waals surface area contributed by atoms with Crippen molar-refractivity contribution >= 4 is 9.84 Å². The minimum atomic E-state index is -3.12. The van der Waals surface area contributed by atoms with Crippen LogP contribution in [0.25, 0.3) is 0 Å². The molecule has 0 heterocycles. The fourth-order valence-electron chi connectivity index (χ4n) is 1.85. The second-order valence-electron chi connectivity index (χ2n) is 4.28. The maximum Gasteiger partial charge on any atom is 0.178 e. The van der Waals surface area contributed by atoms with Gasteiger partial charge in [0.25, 0.3) is 0 Å². The van der Waals surface area contributed by atoms with E-state index >= 15 is 0 Å². The van der Waals surface area contributed by atoms with E-state index in [9.17, 15) is 8.42 Å². The van der Waals surface area contributed by atoms with Crippen LogP contribution in [0.4, 0.5) is 0 Å². The minimum absolute atomic E-state index is 0.225. The van der Waals surface area contributed by atoms with Gasteiger partial charge in [0.1, 0.15) is 0 Å². The second kappa shape index (κ2) is 6.17. The third-order valence-electron chi connectivity index (χ3n) is 2.67. The van der Waals surface area contributed by atoms with E-state index in [2.05, 4.69) is 5.32 Å². The van der Waals surface area contributed by atoms with Crippen molar-refractivity contribution < 1.29 is 8.42 Å². The van der Waals surface area contributed by atoms with E-state index in [0.29, 0.717) is 11.3 Å². The van der Waals surface area contributed by atoms with Crippen LogP contribution in [0.1, 0.15) is 24.5 Å². The zero-order valence-corrected chi connectivity index (χ0v) is 11.6. The zero-order valence-electron chi connectivity index (χ0n) is 10.8. The van der Waals surface area contributed by atoms with Crippen molar-refractivity contribution in [1.29, 1.82) is 0 Å². The van der Waals surface area contributed by atoms with E-state index < -0.39 is 9.84 Å². The Morgan fingerprint density at radius 1 is 1.29 bits per heavy atom. The fourth-order valence-corrected chi connectivity index (χ4v) is 3.44. The molecule has 0 bridgehead atoms. The molecule has 0 amide bonds. The first-order valence-electron chi connectivity index (χ1n) is 5.98. The van der Waals surface area contributed by atoms with Gasteiger partial charge in [0, 0.05) is 0 Å². The highest BCUT2D eigenvalue weighted by molar-refractivity contribution is 7.91. The molecule has 1 N–H and O–H groups in total. The molecule has 1 aromatic rings. The fraction of sp³-hybridized carbons (Fsp3) is 0.538. The predicted octanol–water partition coefficient (Wildman–Crippen LogP) is 1.94. The summed E-state index contributed by atoms with van der Waals surface area (Å²) in [6, 6.07) is 5.58. The van der Waals surface area contributed by atoms with Crippen LogP contribution in [0.5, 0.6) is 0 Å². The lowest BCUT2D eigenvalue weighted by atomic mass is 10.1. The molecule has 3 nitrogen and oxygen atoms in total. The molecule has 0 fully saturated rings. The van der Waals surface area contributed by atoms with E-state index in [1.54, 1.807) is 6.07 Å². The molecule has 0 atom stereocenters. The standard InChI is InChI=1S/C13H21NO2S/c1-4-9-17(15,16)13-6-5-11(2)10-12(13)7-8-14-3/h5-6,10,14H,4,7-9H2,1-3H3. The van der Waals surface area contributed by atoms with Crippen molar-refractivity contribution in [3.05, 3.63) is 29.3 Å². The van der Waals surface area contributed by atoms with Gasteiger partial charge >= 0.3 is 0 Å². The van der Waals surface area contributed by atoms with Crippen molar-refractivity contribution in [1.82, 2.24) is 5.32 Å². The first-order chi connectivity index (χ1) is 8.01. The Kier molecular flexibility index (Phi) is 5.15. The molecule has 0 aliphatic heterocycles. The summed E-state index contributed by atoms with van der Waals surface area (Å²) in [5, 5.41) is 3.05. The lowest BCUT2D eigenvalue weighted by Crippen LogP contribution is -2.14. The lowest BCUT2D eigenvalue weighted by molar-refractivity contribution is 0.593. The summed E-state index contributed by atoms with van der Waals surface area (Å²) in [6.07, 6.45) is 1.40. The second-order valence-corrected chi connectivity index (χ2v) is 6.36. The van der Waals surface area contributed by atoms with E-state index in [1.165, 1.54) is 0 Å². The van der Waals surface area contributed by atoms with Crippen LogP contribution >= 0.6 is 0 Å². The molecule has 0 aliphatic carbocycles. The Morgan fingerprint density at radius 2 is 2.00 bits per heavy atom. The third-order valence-corrected chi connectivity index (χ3v) is 4.68. The monoisotopic (exact) mass is 255 g/mol. The molecule has 96 valence electrons. The quantitative estimate of drug-likeness (QED) is 0.845. The highest BCUT2D eigenvalue weighted by atomic mass is 32.2. The van der Waals surface area contributed by atoms with Gasteiger partial charge in [-0.25, -0.2) is 8.42 Å². The van der Waals surface area contributed by atoms with Gasteiger partial charge in [-0.2, -0.15) is 0 Å². The molecule has 0 aromatic heterocycles. The van der Waals surface area contributed by atoms with Crippen LogP contribution in [0, 0.1) is 6.92 Å². The van der Waals surface area contributed by atoms with Crippen molar-refractivity contribution in [2.24, 2.45) is 0 Å². The molecule has 0 aliphatic rings. The van der Waals surface area contributed by atoms with E-state index in [-0.39, 0.29) is 5.75 Å². The van der Waals surface area contributed by atoms with Crippen LogP contribution in [-0.2, 0) is 16.3 Å².